The second-order valence-electron chi connectivity index (χ2n) is 31.1. The molecule has 5 atom stereocenters. The molecule has 8 rings (SSSR count). The van der Waals surface area contributed by atoms with E-state index in [0.29, 0.717) is 45.2 Å². The normalized spacial score (nSPS) is 14.1. The van der Waals surface area contributed by atoms with Crippen LogP contribution in [-0.2, 0) is 86.0 Å². The summed E-state index contributed by atoms with van der Waals surface area (Å²) in [5.41, 5.74) is 21.7. The van der Waals surface area contributed by atoms with E-state index in [-0.39, 0.29) is 134 Å². The van der Waals surface area contributed by atoms with Crippen LogP contribution in [0.1, 0.15) is 229 Å². The first kappa shape index (κ1) is 107. The molecule has 0 aromatic heterocycles. The van der Waals surface area contributed by atoms with Crippen LogP contribution < -0.4 is 43.8 Å². The maximum Gasteiger partial charge on any atom is 0.407 e. The Labute approximate surface area is 695 Å². The van der Waals surface area contributed by atoms with Crippen molar-refractivity contribution in [1.82, 2.24) is 36.4 Å². The van der Waals surface area contributed by atoms with Gasteiger partial charge in [0, 0.05) is 91.0 Å². The molecule has 4 aliphatic rings. The molecule has 118 heavy (non-hydrogen) atoms. The summed E-state index contributed by atoms with van der Waals surface area (Å²) in [6.45, 7) is 22.6. The van der Waals surface area contributed by atoms with Gasteiger partial charge in [0.2, 0.25) is 35.4 Å². The first-order valence-electron chi connectivity index (χ1n) is 38.3. The van der Waals surface area contributed by atoms with Gasteiger partial charge in [-0.05, 0) is 180 Å². The minimum Gasteiger partial charge on any atom is -0.481 e. The summed E-state index contributed by atoms with van der Waals surface area (Å²) in [6, 6.07) is 27.9. The SMILES string of the molecule is C.C.C.CC(C)(C)OC(=O)CC[C@@H](NC(=O)OCC1c2ccccc2-c2ccccc21)C(=O)O.CN.CNC(=O)[C@@H](CCC(=O)OC(C)(C)C)N1CCCC1=O.CNC(=O)[C@@H](CCC(=O)OC(C)(C)C)NC(=O)OCC1c2ccccc2-c2ccccc21.CNC(=O)[C@H](N)CCC(=O)OC(C)(C)C.NC(=O)[C@@H](CCC(=O)O)N1CCCC1=O. The highest BCUT2D eigenvalue weighted by molar-refractivity contribution is 5.90. The molecule has 2 heterocycles. The Kier molecular flexibility index (Phi) is 46.5. The summed E-state index contributed by atoms with van der Waals surface area (Å²) >= 11 is 0. The number of carbonyl (C=O) groups is 14. The molecule has 2 saturated heterocycles. The van der Waals surface area contributed by atoms with E-state index in [1.54, 1.807) is 88.0 Å². The molecular weight excluding hydrogens is 1520 g/mol. The third kappa shape index (κ3) is 37.5. The molecule has 8 amide bonds. The number of nitrogens with zero attached hydrogens (tertiary/aromatic N) is 2. The number of benzene rings is 4. The fourth-order valence-corrected chi connectivity index (χ4v) is 12.5. The number of likely N-dealkylation sites (tertiary alicyclic amines) is 2. The van der Waals surface area contributed by atoms with Gasteiger partial charge in [0.15, 0.2) is 0 Å². The van der Waals surface area contributed by atoms with Crippen molar-refractivity contribution in [1.29, 1.82) is 0 Å². The zero-order chi connectivity index (χ0) is 86.7. The predicted molar refractivity (Wildman–Crippen MR) is 448 cm³/mol. The predicted octanol–water partition coefficient (Wildman–Crippen LogP) is 9.70. The van der Waals surface area contributed by atoms with Crippen molar-refractivity contribution >= 4 is 83.4 Å². The van der Waals surface area contributed by atoms with Gasteiger partial charge in [-0.25, -0.2) is 14.4 Å². The number of carboxylic acids is 2. The number of nitrogens with one attached hydrogen (secondary N) is 5. The number of hydrogen-bond donors (Lipinski definition) is 10. The zero-order valence-corrected chi connectivity index (χ0v) is 69.2. The first-order valence-corrected chi connectivity index (χ1v) is 38.3. The maximum atomic E-state index is 12.5. The third-order valence-corrected chi connectivity index (χ3v) is 17.4. The van der Waals surface area contributed by atoms with E-state index in [9.17, 15) is 72.2 Å². The van der Waals surface area contributed by atoms with Crippen LogP contribution in [0.3, 0.4) is 0 Å². The van der Waals surface area contributed by atoms with E-state index in [4.69, 9.17) is 45.0 Å². The van der Waals surface area contributed by atoms with Gasteiger partial charge in [0.25, 0.3) is 0 Å². The Bertz CT molecular complexity index is 3880. The molecule has 0 bridgehead atoms. The lowest BCUT2D eigenvalue weighted by molar-refractivity contribution is -0.156. The molecule has 4 aromatic rings. The molecule has 0 spiro atoms. The molecule has 4 aromatic carbocycles. The van der Waals surface area contributed by atoms with Gasteiger partial charge in [-0.2, -0.15) is 0 Å². The van der Waals surface area contributed by atoms with Gasteiger partial charge >= 0.3 is 48.0 Å². The number of likely N-dealkylation sites (N-methyl/N-ethyl adjacent to an activating group) is 3. The van der Waals surface area contributed by atoms with Crippen molar-refractivity contribution in [2.24, 2.45) is 17.2 Å². The average molecular weight is 1660 g/mol. The van der Waals surface area contributed by atoms with Crippen LogP contribution in [0.2, 0.25) is 0 Å². The largest absolute Gasteiger partial charge is 0.481 e. The number of nitrogens with two attached hydrogens (primary N) is 3. The fourth-order valence-electron chi connectivity index (χ4n) is 12.5. The van der Waals surface area contributed by atoms with Crippen LogP contribution in [0.5, 0.6) is 0 Å². The van der Waals surface area contributed by atoms with Crippen LogP contribution in [0, 0.1) is 0 Å². The van der Waals surface area contributed by atoms with E-state index in [1.165, 1.54) is 33.1 Å². The van der Waals surface area contributed by atoms with Gasteiger partial charge < -0.3 is 92.2 Å². The minimum absolute atomic E-state index is 0. The highest BCUT2D eigenvalue weighted by atomic mass is 16.6. The second kappa shape index (κ2) is 51.2. The second-order valence-corrected chi connectivity index (χ2v) is 31.1. The summed E-state index contributed by atoms with van der Waals surface area (Å²) in [6.07, 6.45) is 1.52. The number of carboxylic acid groups (broad SMARTS) is 2. The summed E-state index contributed by atoms with van der Waals surface area (Å²) in [5.74, 6) is -5.74. The highest BCUT2D eigenvalue weighted by Crippen LogP contribution is 2.46. The first-order chi connectivity index (χ1) is 53.9. The fraction of sp³-hybridized carbons (Fsp3) is 0.558. The maximum absolute atomic E-state index is 12.5. The zero-order valence-electron chi connectivity index (χ0n) is 69.2. The molecule has 658 valence electrons. The summed E-state index contributed by atoms with van der Waals surface area (Å²) in [4.78, 5) is 166. The molecular formula is C86H132N10O22. The van der Waals surface area contributed by atoms with Crippen molar-refractivity contribution < 1.29 is 106 Å². The average Bonchev–Trinajstić information content (AvgIpc) is 1.62. The van der Waals surface area contributed by atoms with Crippen LogP contribution in [0.15, 0.2) is 97.1 Å². The topological polar surface area (TPSA) is 480 Å². The molecule has 2 fully saturated rings. The number of esters is 4. The van der Waals surface area contributed by atoms with Gasteiger partial charge in [-0.15, -0.1) is 0 Å². The van der Waals surface area contributed by atoms with E-state index in [0.717, 1.165) is 50.9 Å². The Hall–Kier alpha value is -11.0. The van der Waals surface area contributed by atoms with Crippen LogP contribution in [-0.4, -0.2) is 211 Å². The number of primary amides is 1. The number of fused-ring (bicyclic) bond motifs is 6. The Morgan fingerprint density at radius 2 is 0.729 bits per heavy atom. The Balaban J connectivity index is 0.00000148. The van der Waals surface area contributed by atoms with Gasteiger partial charge in [-0.3, -0.25) is 52.7 Å². The molecule has 0 unspecified atom stereocenters. The highest BCUT2D eigenvalue weighted by Gasteiger charge is 2.37. The Morgan fingerprint density at radius 1 is 0.432 bits per heavy atom. The quantitative estimate of drug-likeness (QED) is 0.0187. The lowest BCUT2D eigenvalue weighted by Crippen LogP contribution is -2.46. The molecule has 13 N–H and O–H groups in total. The van der Waals surface area contributed by atoms with Crippen LogP contribution >= 0.6 is 0 Å². The Morgan fingerprint density at radius 3 is 1.03 bits per heavy atom. The van der Waals surface area contributed by atoms with Gasteiger partial charge in [-0.1, -0.05) is 119 Å². The number of amides is 8. The monoisotopic (exact) mass is 1660 g/mol. The number of aliphatic carboxylic acids is 2. The van der Waals surface area contributed by atoms with Gasteiger partial charge in [0.05, 0.1) is 6.04 Å². The number of ether oxygens (including phenoxy) is 6. The lowest BCUT2D eigenvalue weighted by atomic mass is 9.98. The molecule has 0 radical (unpaired) electrons. The number of hydrogen-bond acceptors (Lipinski definition) is 22. The minimum atomic E-state index is -1.25. The molecule has 0 saturated carbocycles. The number of carbonyl (C=O) groups excluding carboxylic acids is 12. The smallest absolute Gasteiger partial charge is 0.407 e. The third-order valence-electron chi connectivity index (χ3n) is 17.4. The van der Waals surface area contributed by atoms with Crippen molar-refractivity contribution in [2.75, 3.05) is 54.5 Å². The van der Waals surface area contributed by atoms with E-state index < -0.39 is 100 Å². The summed E-state index contributed by atoms with van der Waals surface area (Å²) in [5, 5.41) is 30.3. The van der Waals surface area contributed by atoms with E-state index in [1.807, 2.05) is 84.9 Å². The number of alkyl carbamates (subject to hydrolysis) is 2. The molecule has 2 aliphatic carbocycles. The summed E-state index contributed by atoms with van der Waals surface area (Å²) < 4.78 is 31.6. The molecule has 32 nitrogen and oxygen atoms in total. The lowest BCUT2D eigenvalue weighted by Gasteiger charge is -2.26. The number of rotatable bonds is 28. The summed E-state index contributed by atoms with van der Waals surface area (Å²) in [7, 11) is 6.02. The van der Waals surface area contributed by atoms with E-state index in [2.05, 4.69) is 44.5 Å². The van der Waals surface area contributed by atoms with Crippen LogP contribution in [0.4, 0.5) is 9.59 Å². The molecule has 2 aliphatic heterocycles. The standard InChI is InChI=1S/C25H30N2O5.C24H27NO6.C14H24N2O4.C10H20N2O3.C9H14N2O4.CH5N.3CH4/c1-25(2,3)32-22(28)14-13-21(23(29)26-4)27-24(30)31-15-20-18-11-7-5-9-16(18)17-10-6-8-12-19(17)20;1-24(2,3)31-21(26)13-12-20(22(27)28)25-23(29)30-14-19-17-10-6-4-8-15(17)16-9-5-7-11-18(16)19;1-14(2,3)20-12(18)8-7-10(13(19)15-4)16-9-5-6-11(16)17;1-10(2,3)15-8(13)6-5-7(11)9(14)12-4;10-9(15)6(3-4-8(13)14)11-5-1-2-7(11)12;1-2;;;/h5-12,20-21H,13-15H2,1-4H3,(H,26,29)(H,27,30);4-11,19-20H,12-14H2,1-3H3,(H,25,29)(H,27,28);10H,5-9H2,1-4H3,(H,15,19);7H,5-6,11H2,1-4H3,(H,12,14);6H,1-5H2,(H2,10,15)(H,13,14);2H2,1H3;3*1H4/t21-;20-;10-;7-;6-;;;;/m11111..../s1. The molecule has 32 heteroatoms. The van der Waals surface area contributed by atoms with Crippen molar-refractivity contribution in [3.05, 3.63) is 119 Å². The van der Waals surface area contributed by atoms with E-state index >= 15 is 0 Å². The van der Waals surface area contributed by atoms with Crippen LogP contribution in [0.25, 0.3) is 22.3 Å². The van der Waals surface area contributed by atoms with Crippen molar-refractivity contribution in [3.63, 3.8) is 0 Å². The van der Waals surface area contributed by atoms with Crippen molar-refractivity contribution in [2.45, 2.75) is 260 Å². The van der Waals surface area contributed by atoms with Crippen molar-refractivity contribution in [3.8, 4) is 22.3 Å². The van der Waals surface area contributed by atoms with Gasteiger partial charge in [0.1, 0.15) is 59.8 Å².